The quantitative estimate of drug-likeness (QED) is 0.506. The van der Waals surface area contributed by atoms with Gasteiger partial charge in [0.05, 0.1) is 21.5 Å². The van der Waals surface area contributed by atoms with Crippen LogP contribution in [-0.4, -0.2) is 22.8 Å². The molecular weight excluding hydrogens is 404 g/mol. The lowest BCUT2D eigenvalue weighted by Gasteiger charge is -2.10. The number of nitrogens with one attached hydrogen (secondary N) is 1. The average molecular weight is 424 g/mol. The summed E-state index contributed by atoms with van der Waals surface area (Å²) >= 11 is 0. The van der Waals surface area contributed by atoms with Crippen LogP contribution >= 0.6 is 0 Å². The lowest BCUT2D eigenvalue weighted by Crippen LogP contribution is -2.24. The fourth-order valence-corrected chi connectivity index (χ4v) is 4.05. The molecule has 0 amide bonds. The van der Waals surface area contributed by atoms with Gasteiger partial charge in [-0.25, -0.2) is 18.2 Å². The van der Waals surface area contributed by atoms with E-state index in [0.29, 0.717) is 35.2 Å². The molecule has 0 saturated heterocycles. The van der Waals surface area contributed by atoms with Gasteiger partial charge in [0, 0.05) is 18.3 Å². The van der Waals surface area contributed by atoms with Crippen LogP contribution in [0.15, 0.2) is 75.1 Å². The van der Waals surface area contributed by atoms with Crippen LogP contribution < -0.4 is 16.3 Å². The van der Waals surface area contributed by atoms with E-state index in [1.54, 1.807) is 23.6 Å². The van der Waals surface area contributed by atoms with E-state index in [1.165, 1.54) is 22.9 Å². The van der Waals surface area contributed by atoms with E-state index in [-0.39, 0.29) is 16.0 Å². The van der Waals surface area contributed by atoms with Gasteiger partial charge < -0.3 is 4.57 Å². The van der Waals surface area contributed by atoms with Gasteiger partial charge in [-0.05, 0) is 43.2 Å². The van der Waals surface area contributed by atoms with Gasteiger partial charge in [-0.1, -0.05) is 30.3 Å². The number of H-pyrrole nitrogens is 1. The summed E-state index contributed by atoms with van der Waals surface area (Å²) in [6.07, 6.45) is 0.494. The Labute approximate surface area is 172 Å². The van der Waals surface area contributed by atoms with Crippen LogP contribution in [-0.2, 0) is 23.0 Å². The van der Waals surface area contributed by atoms with Crippen LogP contribution in [0.25, 0.3) is 16.6 Å². The number of hydrogen-bond acceptors (Lipinski definition) is 4. The van der Waals surface area contributed by atoms with Crippen molar-refractivity contribution in [2.75, 3.05) is 0 Å². The largest absolute Gasteiger partial charge is 0.312 e. The summed E-state index contributed by atoms with van der Waals surface area (Å²) < 4.78 is 25.7. The maximum atomic E-state index is 13.0. The number of primary sulfonamides is 1. The summed E-state index contributed by atoms with van der Waals surface area (Å²) in [5, 5.41) is 8.58. The third kappa shape index (κ3) is 3.60. The summed E-state index contributed by atoms with van der Waals surface area (Å²) in [4.78, 5) is 25.7. The molecule has 2 aromatic carbocycles. The predicted molar refractivity (Wildman–Crippen MR) is 114 cm³/mol. The number of sulfonamides is 1. The second-order valence-corrected chi connectivity index (χ2v) is 8.60. The minimum atomic E-state index is -3.75. The molecule has 0 fully saturated rings. The lowest BCUT2D eigenvalue weighted by molar-refractivity contribution is 0.597. The Kier molecular flexibility index (Phi) is 4.92. The number of para-hydroxylation sites is 1. The van der Waals surface area contributed by atoms with Gasteiger partial charge in [-0.15, -0.1) is 0 Å². The number of rotatable bonds is 5. The highest BCUT2D eigenvalue weighted by atomic mass is 32.2. The second-order valence-electron chi connectivity index (χ2n) is 7.04. The summed E-state index contributed by atoms with van der Waals surface area (Å²) in [6.45, 7) is 2.10. The molecule has 0 radical (unpaired) electrons. The molecule has 0 unspecified atom stereocenters. The van der Waals surface area contributed by atoms with Gasteiger partial charge in [-0.3, -0.25) is 14.7 Å². The molecule has 3 N–H and O–H groups in total. The smallest absolute Gasteiger partial charge is 0.280 e. The molecule has 154 valence electrons. The highest BCUT2D eigenvalue weighted by Gasteiger charge is 2.15. The Morgan fingerprint density at radius 1 is 1.00 bits per heavy atom. The van der Waals surface area contributed by atoms with Crippen LogP contribution in [0.4, 0.5) is 0 Å². The fourth-order valence-electron chi connectivity index (χ4n) is 3.53. The minimum absolute atomic E-state index is 0.0369. The van der Waals surface area contributed by atoms with Crippen molar-refractivity contribution in [2.45, 2.75) is 24.8 Å². The van der Waals surface area contributed by atoms with E-state index in [4.69, 9.17) is 5.14 Å². The molecule has 0 spiro atoms. The molecule has 0 atom stereocenters. The summed E-state index contributed by atoms with van der Waals surface area (Å²) in [6, 6.07) is 16.8. The van der Waals surface area contributed by atoms with Crippen molar-refractivity contribution in [1.29, 1.82) is 0 Å². The molecule has 30 heavy (non-hydrogen) atoms. The van der Waals surface area contributed by atoms with Crippen molar-refractivity contribution >= 4 is 20.9 Å². The first-order valence-corrected chi connectivity index (χ1v) is 10.8. The predicted octanol–water partition coefficient (Wildman–Crippen LogP) is 1.68. The Bertz CT molecular complexity index is 1450. The van der Waals surface area contributed by atoms with Gasteiger partial charge in [0.1, 0.15) is 0 Å². The maximum absolute atomic E-state index is 13.0. The normalized spacial score (nSPS) is 11.8. The lowest BCUT2D eigenvalue weighted by atomic mass is 10.1. The van der Waals surface area contributed by atoms with Crippen molar-refractivity contribution < 1.29 is 8.42 Å². The SMILES string of the molecule is Cc1c2c(=O)n(-c3ccccc3)[nH]c2cc(=O)n1CCc1ccc(S(N)(=O)=O)cc1. The number of fused-ring (bicyclic) bond motifs is 1. The molecule has 4 rings (SSSR count). The first-order valence-electron chi connectivity index (χ1n) is 9.28. The summed E-state index contributed by atoms with van der Waals surface area (Å²) in [5.41, 5.74) is 2.16. The van der Waals surface area contributed by atoms with Crippen LogP contribution in [0.5, 0.6) is 0 Å². The Hall–Kier alpha value is -3.43. The topological polar surface area (TPSA) is 120 Å². The molecule has 0 aliphatic rings. The zero-order chi connectivity index (χ0) is 21.5. The first-order chi connectivity index (χ1) is 14.3. The highest BCUT2D eigenvalue weighted by molar-refractivity contribution is 7.89. The number of nitrogens with two attached hydrogens (primary N) is 1. The molecule has 0 aliphatic carbocycles. The number of pyridine rings is 1. The summed E-state index contributed by atoms with van der Waals surface area (Å²) in [7, 11) is -3.75. The monoisotopic (exact) mass is 424 g/mol. The third-order valence-corrected chi connectivity index (χ3v) is 6.04. The molecule has 4 aromatic rings. The van der Waals surface area contributed by atoms with Crippen molar-refractivity contribution in [3.63, 3.8) is 0 Å². The van der Waals surface area contributed by atoms with Crippen LogP contribution in [0.1, 0.15) is 11.3 Å². The molecule has 2 aromatic heterocycles. The number of aromatic nitrogens is 3. The molecule has 0 aliphatic heterocycles. The average Bonchev–Trinajstić information content (AvgIpc) is 3.04. The minimum Gasteiger partial charge on any atom is -0.312 e. The van der Waals surface area contributed by atoms with E-state index in [0.717, 1.165) is 5.56 Å². The molecule has 0 saturated carbocycles. The zero-order valence-corrected chi connectivity index (χ0v) is 17.0. The molecule has 2 heterocycles. The Morgan fingerprint density at radius 3 is 2.30 bits per heavy atom. The Morgan fingerprint density at radius 2 is 1.67 bits per heavy atom. The van der Waals surface area contributed by atoms with E-state index >= 15 is 0 Å². The molecule has 8 nitrogen and oxygen atoms in total. The van der Waals surface area contributed by atoms with Gasteiger partial charge in [0.2, 0.25) is 10.0 Å². The zero-order valence-electron chi connectivity index (χ0n) is 16.2. The number of nitrogens with zero attached hydrogens (tertiary/aromatic N) is 2. The van der Waals surface area contributed by atoms with E-state index < -0.39 is 10.0 Å². The number of hydrogen-bond donors (Lipinski definition) is 2. The first kappa shape index (κ1) is 19.9. The van der Waals surface area contributed by atoms with E-state index in [2.05, 4.69) is 5.10 Å². The second kappa shape index (κ2) is 7.43. The highest BCUT2D eigenvalue weighted by Crippen LogP contribution is 2.15. The molecule has 9 heteroatoms. The van der Waals surface area contributed by atoms with Crippen molar-refractivity contribution in [1.82, 2.24) is 14.3 Å². The van der Waals surface area contributed by atoms with Gasteiger partial charge in [0.25, 0.3) is 11.1 Å². The third-order valence-electron chi connectivity index (χ3n) is 5.11. The van der Waals surface area contributed by atoms with Crippen molar-refractivity contribution in [3.8, 4) is 5.69 Å². The van der Waals surface area contributed by atoms with Gasteiger partial charge >= 0.3 is 0 Å². The molecular formula is C21H20N4O4S. The van der Waals surface area contributed by atoms with Crippen LogP contribution in [0.2, 0.25) is 0 Å². The standard InChI is InChI=1S/C21H20N4O4S/c1-14-20-18(23-25(21(20)27)16-5-3-2-4-6-16)13-19(26)24(14)12-11-15-7-9-17(10-8-15)30(22,28)29/h2-10,13,23H,11-12H2,1H3,(H2,22,28,29). The van der Waals surface area contributed by atoms with Crippen LogP contribution in [0.3, 0.4) is 0 Å². The number of aryl methyl sites for hydroxylation is 2. The van der Waals surface area contributed by atoms with Crippen molar-refractivity contribution in [2.24, 2.45) is 5.14 Å². The summed E-state index contributed by atoms with van der Waals surface area (Å²) in [5.74, 6) is 0. The van der Waals surface area contributed by atoms with Gasteiger partial charge in [-0.2, -0.15) is 0 Å². The molecule has 0 bridgehead atoms. The number of aromatic amines is 1. The van der Waals surface area contributed by atoms with Crippen molar-refractivity contribution in [3.05, 3.63) is 92.6 Å². The van der Waals surface area contributed by atoms with Crippen LogP contribution in [0, 0.1) is 6.92 Å². The number of benzene rings is 2. The maximum Gasteiger partial charge on any atom is 0.280 e. The van der Waals surface area contributed by atoms with E-state index in [1.807, 2.05) is 30.3 Å². The van der Waals surface area contributed by atoms with Gasteiger partial charge in [0.15, 0.2) is 0 Å². The fraction of sp³-hybridized carbons (Fsp3) is 0.143. The van der Waals surface area contributed by atoms with E-state index in [9.17, 15) is 18.0 Å². The Balaban J connectivity index is 1.69.